The Bertz CT molecular complexity index is 1000. The molecule has 2 N–H and O–H groups in total. The largest absolute Gasteiger partial charge is 0.369 e. The van der Waals surface area contributed by atoms with E-state index in [0.29, 0.717) is 12.2 Å². The van der Waals surface area contributed by atoms with E-state index in [4.69, 9.17) is 11.6 Å². The second-order valence-electron chi connectivity index (χ2n) is 7.81. The van der Waals surface area contributed by atoms with Crippen LogP contribution < -0.4 is 15.5 Å². The summed E-state index contributed by atoms with van der Waals surface area (Å²) in [5.74, 6) is 0. The van der Waals surface area contributed by atoms with Gasteiger partial charge in [-0.2, -0.15) is 0 Å². The lowest BCUT2D eigenvalue weighted by molar-refractivity contribution is 0.247. The normalized spacial score (nSPS) is 14.5. The predicted octanol–water partition coefficient (Wildman–Crippen LogP) is 4.61. The van der Waals surface area contributed by atoms with Crippen molar-refractivity contribution in [2.45, 2.75) is 12.8 Å². The first kappa shape index (κ1) is 21.4. The third kappa shape index (κ3) is 6.09. The number of carbonyl (C=O) groups excluding carboxylic acids is 1. The Morgan fingerprint density at radius 1 is 1.00 bits per heavy atom. The summed E-state index contributed by atoms with van der Waals surface area (Å²) in [5.41, 5.74) is 2.86. The quantitative estimate of drug-likeness (QED) is 0.530. The number of amides is 2. The molecule has 0 radical (unpaired) electrons. The highest BCUT2D eigenvalue weighted by molar-refractivity contribution is 6.30. The number of nitrogens with one attached hydrogen (secondary N) is 2. The number of rotatable bonds is 7. The van der Waals surface area contributed by atoms with E-state index in [1.165, 1.54) is 5.69 Å². The lowest BCUT2D eigenvalue weighted by Gasteiger charge is -2.36. The zero-order chi connectivity index (χ0) is 21.5. The fourth-order valence-electron chi connectivity index (χ4n) is 3.86. The Hall–Kier alpha value is -2.83. The first-order valence-electron chi connectivity index (χ1n) is 10.8. The zero-order valence-electron chi connectivity index (χ0n) is 17.6. The Morgan fingerprint density at radius 3 is 2.58 bits per heavy atom. The van der Waals surface area contributed by atoms with Gasteiger partial charge in [0.1, 0.15) is 0 Å². The van der Waals surface area contributed by atoms with E-state index < -0.39 is 0 Å². The highest BCUT2D eigenvalue weighted by atomic mass is 35.5. The SMILES string of the molecule is O=C(NCCCCN1CCN(c2ccc(Cl)cc2)CC1)Nc1cnc2ccccc2c1. The van der Waals surface area contributed by atoms with Gasteiger partial charge in [0.25, 0.3) is 0 Å². The van der Waals surface area contributed by atoms with Gasteiger partial charge in [-0.15, -0.1) is 0 Å². The van der Waals surface area contributed by atoms with Crippen LogP contribution in [-0.2, 0) is 0 Å². The van der Waals surface area contributed by atoms with E-state index in [0.717, 1.165) is 61.5 Å². The van der Waals surface area contributed by atoms with Crippen molar-refractivity contribution in [1.82, 2.24) is 15.2 Å². The van der Waals surface area contributed by atoms with Gasteiger partial charge < -0.3 is 15.5 Å². The highest BCUT2D eigenvalue weighted by Crippen LogP contribution is 2.19. The predicted molar refractivity (Wildman–Crippen MR) is 128 cm³/mol. The maximum Gasteiger partial charge on any atom is 0.319 e. The fourth-order valence-corrected chi connectivity index (χ4v) is 3.98. The van der Waals surface area contributed by atoms with Crippen LogP contribution in [0.15, 0.2) is 60.8 Å². The van der Waals surface area contributed by atoms with E-state index in [1.807, 2.05) is 42.5 Å². The first-order chi connectivity index (χ1) is 15.2. The van der Waals surface area contributed by atoms with E-state index >= 15 is 0 Å². The Balaban J connectivity index is 1.11. The number of hydrogen-bond donors (Lipinski definition) is 2. The van der Waals surface area contributed by atoms with Crippen LogP contribution in [0.5, 0.6) is 0 Å². The summed E-state index contributed by atoms with van der Waals surface area (Å²) in [6.45, 7) is 5.91. The smallest absolute Gasteiger partial charge is 0.319 e. The molecule has 0 aliphatic carbocycles. The van der Waals surface area contributed by atoms with Crippen LogP contribution in [0.3, 0.4) is 0 Å². The summed E-state index contributed by atoms with van der Waals surface area (Å²) >= 11 is 5.98. The molecule has 1 aliphatic rings. The van der Waals surface area contributed by atoms with Gasteiger partial charge in [-0.3, -0.25) is 9.88 Å². The van der Waals surface area contributed by atoms with E-state index in [9.17, 15) is 4.79 Å². The molecule has 162 valence electrons. The average Bonchev–Trinajstić information content (AvgIpc) is 2.80. The number of halogens is 1. The lowest BCUT2D eigenvalue weighted by atomic mass is 10.2. The Morgan fingerprint density at radius 2 is 1.77 bits per heavy atom. The number of benzene rings is 2. The van der Waals surface area contributed by atoms with Gasteiger partial charge in [0.15, 0.2) is 0 Å². The maximum absolute atomic E-state index is 12.1. The summed E-state index contributed by atoms with van der Waals surface area (Å²) < 4.78 is 0. The van der Waals surface area contributed by atoms with Crippen LogP contribution >= 0.6 is 11.6 Å². The molecule has 2 aromatic carbocycles. The Kier molecular flexibility index (Phi) is 7.22. The third-order valence-electron chi connectivity index (χ3n) is 5.60. The highest BCUT2D eigenvalue weighted by Gasteiger charge is 2.16. The molecule has 1 fully saturated rings. The minimum absolute atomic E-state index is 0.186. The van der Waals surface area contributed by atoms with Crippen LogP contribution in [0.25, 0.3) is 10.9 Å². The van der Waals surface area contributed by atoms with E-state index in [2.05, 4.69) is 37.6 Å². The topological polar surface area (TPSA) is 60.5 Å². The van der Waals surface area contributed by atoms with Crippen molar-refractivity contribution in [3.05, 3.63) is 65.8 Å². The summed E-state index contributed by atoms with van der Waals surface area (Å²) in [5, 5.41) is 7.58. The molecule has 0 bridgehead atoms. The van der Waals surface area contributed by atoms with E-state index in [-0.39, 0.29) is 6.03 Å². The molecule has 1 aromatic heterocycles. The van der Waals surface area contributed by atoms with Gasteiger partial charge in [0.2, 0.25) is 0 Å². The van der Waals surface area contributed by atoms with Crippen LogP contribution in [0.1, 0.15) is 12.8 Å². The summed E-state index contributed by atoms with van der Waals surface area (Å²) in [6.07, 6.45) is 3.71. The Labute approximate surface area is 188 Å². The van der Waals surface area contributed by atoms with Crippen molar-refractivity contribution >= 4 is 39.9 Å². The summed E-state index contributed by atoms with van der Waals surface area (Å²) in [4.78, 5) is 21.4. The molecule has 31 heavy (non-hydrogen) atoms. The van der Waals surface area contributed by atoms with Crippen LogP contribution in [0.4, 0.5) is 16.2 Å². The number of carbonyl (C=O) groups is 1. The first-order valence-corrected chi connectivity index (χ1v) is 11.2. The monoisotopic (exact) mass is 437 g/mol. The van der Waals surface area contributed by atoms with Crippen LogP contribution in [-0.4, -0.2) is 55.2 Å². The number of anilines is 2. The van der Waals surface area contributed by atoms with Crippen molar-refractivity contribution in [3.8, 4) is 0 Å². The number of nitrogens with zero attached hydrogens (tertiary/aromatic N) is 3. The summed E-state index contributed by atoms with van der Waals surface area (Å²) in [7, 11) is 0. The zero-order valence-corrected chi connectivity index (χ0v) is 18.3. The van der Waals surface area contributed by atoms with Gasteiger partial charge in [0.05, 0.1) is 17.4 Å². The van der Waals surface area contributed by atoms with Gasteiger partial charge >= 0.3 is 6.03 Å². The number of urea groups is 1. The summed E-state index contributed by atoms with van der Waals surface area (Å²) in [6, 6.07) is 17.7. The van der Waals surface area contributed by atoms with Gasteiger partial charge in [-0.25, -0.2) is 4.79 Å². The molecular formula is C24H28ClN5O. The van der Waals surface area contributed by atoms with Crippen LogP contribution in [0, 0.1) is 0 Å². The molecule has 0 unspecified atom stereocenters. The molecule has 1 aliphatic heterocycles. The molecule has 0 saturated carbocycles. The number of para-hydroxylation sites is 1. The van der Waals surface area contributed by atoms with Gasteiger partial charge in [-0.1, -0.05) is 29.8 Å². The van der Waals surface area contributed by atoms with Crippen molar-refractivity contribution in [2.75, 3.05) is 49.5 Å². The molecule has 0 spiro atoms. The molecule has 3 aromatic rings. The minimum Gasteiger partial charge on any atom is -0.369 e. The van der Waals surface area contributed by atoms with Crippen molar-refractivity contribution in [3.63, 3.8) is 0 Å². The van der Waals surface area contributed by atoms with Gasteiger partial charge in [-0.05, 0) is 55.8 Å². The lowest BCUT2D eigenvalue weighted by Crippen LogP contribution is -2.46. The molecule has 2 amide bonds. The fraction of sp³-hybridized carbons (Fsp3) is 0.333. The third-order valence-corrected chi connectivity index (χ3v) is 5.85. The molecule has 0 atom stereocenters. The standard InChI is InChI=1S/C24H28ClN5O/c25-20-7-9-22(10-8-20)30-15-13-29(14-16-30)12-4-3-11-26-24(31)28-21-17-19-5-1-2-6-23(19)27-18-21/h1-2,5-10,17-18H,3-4,11-16H2,(H2,26,28,31). The maximum atomic E-state index is 12.1. The minimum atomic E-state index is -0.186. The second-order valence-corrected chi connectivity index (χ2v) is 8.25. The number of piperazine rings is 1. The molecule has 6 nitrogen and oxygen atoms in total. The molecular weight excluding hydrogens is 410 g/mol. The van der Waals surface area contributed by atoms with Crippen molar-refractivity contribution in [2.24, 2.45) is 0 Å². The molecule has 7 heteroatoms. The molecule has 4 rings (SSSR count). The second kappa shape index (κ2) is 10.5. The van der Waals surface area contributed by atoms with Crippen molar-refractivity contribution in [1.29, 1.82) is 0 Å². The number of pyridine rings is 1. The van der Waals surface area contributed by atoms with Crippen LogP contribution in [0.2, 0.25) is 5.02 Å². The van der Waals surface area contributed by atoms with E-state index in [1.54, 1.807) is 6.20 Å². The number of hydrogen-bond acceptors (Lipinski definition) is 4. The van der Waals surface area contributed by atoms with Crippen molar-refractivity contribution < 1.29 is 4.79 Å². The number of unbranched alkanes of at least 4 members (excludes halogenated alkanes) is 1. The van der Waals surface area contributed by atoms with Gasteiger partial charge in [0, 0.05) is 48.8 Å². The number of fused-ring (bicyclic) bond motifs is 1. The molecule has 2 heterocycles. The average molecular weight is 438 g/mol. The number of aromatic nitrogens is 1. The molecule has 1 saturated heterocycles.